The Kier molecular flexibility index (Phi) is 2.57. The molecule has 0 atom stereocenters. The Morgan fingerprint density at radius 2 is 1.90 bits per heavy atom. The topological polar surface area (TPSA) is 63.4 Å². The molecule has 1 aromatic carbocycles. The number of fused-ring (bicyclic) bond motifs is 2. The van der Waals surface area contributed by atoms with Crippen molar-refractivity contribution in [1.82, 2.24) is 4.90 Å². The molecule has 2 heterocycles. The minimum atomic E-state index is -0.603. The lowest BCUT2D eigenvalue weighted by Gasteiger charge is -2.39. The van der Waals surface area contributed by atoms with E-state index in [4.69, 9.17) is 5.73 Å². The van der Waals surface area contributed by atoms with Crippen molar-refractivity contribution in [1.29, 1.82) is 0 Å². The van der Waals surface area contributed by atoms with Crippen molar-refractivity contribution < 1.29 is 9.59 Å². The molecule has 0 spiro atoms. The summed E-state index contributed by atoms with van der Waals surface area (Å²) in [6, 6.07) is 7.62. The number of carbonyl (C=O) groups excluding carboxylic acids is 2. The molecular weight excluding hydrogens is 252 g/mol. The van der Waals surface area contributed by atoms with E-state index < -0.39 is 11.3 Å². The fraction of sp³-hybridized carbons (Fsp3) is 0.250. The van der Waals surface area contributed by atoms with Gasteiger partial charge in [-0.3, -0.25) is 9.59 Å². The van der Waals surface area contributed by atoms with Crippen molar-refractivity contribution >= 4 is 23.0 Å². The average molecular weight is 268 g/mol. The fourth-order valence-electron chi connectivity index (χ4n) is 2.96. The van der Waals surface area contributed by atoms with Crippen LogP contribution in [0, 0.1) is 5.41 Å². The van der Waals surface area contributed by atoms with Gasteiger partial charge in [-0.15, -0.1) is 0 Å². The van der Waals surface area contributed by atoms with E-state index in [9.17, 15) is 9.59 Å². The molecule has 1 aromatic rings. The van der Waals surface area contributed by atoms with Crippen molar-refractivity contribution in [3.63, 3.8) is 0 Å². The third kappa shape index (κ3) is 1.61. The Bertz CT molecular complexity index is 772. The molecule has 102 valence electrons. The lowest BCUT2D eigenvalue weighted by Crippen LogP contribution is -2.50. The highest BCUT2D eigenvalue weighted by atomic mass is 16.1. The Labute approximate surface area is 116 Å². The van der Waals surface area contributed by atoms with Crippen LogP contribution >= 0.6 is 0 Å². The van der Waals surface area contributed by atoms with Crippen LogP contribution < -0.4 is 16.2 Å². The third-order valence-electron chi connectivity index (χ3n) is 4.03. The number of allylic oxidation sites excluding steroid dienone is 1. The van der Waals surface area contributed by atoms with Gasteiger partial charge in [0.05, 0.1) is 12.0 Å². The summed E-state index contributed by atoms with van der Waals surface area (Å²) < 4.78 is 0. The van der Waals surface area contributed by atoms with E-state index >= 15 is 0 Å². The van der Waals surface area contributed by atoms with Gasteiger partial charge < -0.3 is 10.6 Å². The molecule has 4 heteroatoms. The molecule has 2 aliphatic rings. The third-order valence-corrected chi connectivity index (χ3v) is 4.03. The highest BCUT2D eigenvalue weighted by Gasteiger charge is 2.38. The Balaban J connectivity index is 2.49. The first-order valence-corrected chi connectivity index (χ1v) is 6.55. The second-order valence-electron chi connectivity index (χ2n) is 5.67. The molecular formula is C16H16N2O2. The first kappa shape index (κ1) is 12.7. The van der Waals surface area contributed by atoms with E-state index in [0.717, 1.165) is 16.1 Å². The molecule has 3 rings (SSSR count). The van der Waals surface area contributed by atoms with Crippen LogP contribution in [0.15, 0.2) is 36.5 Å². The number of benzene rings is 1. The van der Waals surface area contributed by atoms with E-state index in [1.807, 2.05) is 43.0 Å². The fourth-order valence-corrected chi connectivity index (χ4v) is 2.96. The van der Waals surface area contributed by atoms with E-state index in [0.29, 0.717) is 12.1 Å². The number of hydrogen-bond donors (Lipinski definition) is 1. The van der Waals surface area contributed by atoms with Gasteiger partial charge >= 0.3 is 0 Å². The summed E-state index contributed by atoms with van der Waals surface area (Å²) in [6.07, 6.45) is 3.30. The van der Waals surface area contributed by atoms with Gasteiger partial charge in [-0.2, -0.15) is 0 Å². The number of primary amides is 1. The largest absolute Gasteiger partial charge is 0.366 e. The van der Waals surface area contributed by atoms with Gasteiger partial charge in [-0.1, -0.05) is 24.3 Å². The first-order chi connectivity index (χ1) is 9.43. The summed E-state index contributed by atoms with van der Waals surface area (Å²) in [5.41, 5.74) is 6.41. The van der Waals surface area contributed by atoms with Crippen molar-refractivity contribution in [2.75, 3.05) is 6.54 Å². The molecule has 0 fully saturated rings. The van der Waals surface area contributed by atoms with E-state index in [-0.39, 0.29) is 5.78 Å². The van der Waals surface area contributed by atoms with Crippen molar-refractivity contribution in [2.45, 2.75) is 13.8 Å². The molecule has 20 heavy (non-hydrogen) atoms. The Morgan fingerprint density at radius 3 is 2.55 bits per heavy atom. The lowest BCUT2D eigenvalue weighted by molar-refractivity contribution is -0.120. The lowest BCUT2D eigenvalue weighted by atomic mass is 9.79. The van der Waals surface area contributed by atoms with Crippen molar-refractivity contribution in [3.8, 4) is 0 Å². The Morgan fingerprint density at radius 1 is 1.25 bits per heavy atom. The maximum atomic E-state index is 12.2. The van der Waals surface area contributed by atoms with E-state index in [2.05, 4.69) is 0 Å². The monoisotopic (exact) mass is 268 g/mol. The smallest absolute Gasteiger partial charge is 0.247 e. The highest BCUT2D eigenvalue weighted by Crippen LogP contribution is 2.35. The van der Waals surface area contributed by atoms with Crippen molar-refractivity contribution in [2.24, 2.45) is 11.1 Å². The molecule has 0 aliphatic carbocycles. The molecule has 4 nitrogen and oxygen atoms in total. The minimum absolute atomic E-state index is 0.0704. The van der Waals surface area contributed by atoms with Crippen LogP contribution in [0.2, 0.25) is 0 Å². The zero-order valence-electron chi connectivity index (χ0n) is 11.5. The molecule has 2 N–H and O–H groups in total. The molecule has 0 bridgehead atoms. The zero-order chi connectivity index (χ0) is 14.5. The van der Waals surface area contributed by atoms with Crippen LogP contribution in [0.5, 0.6) is 0 Å². The van der Waals surface area contributed by atoms with Crippen LogP contribution in [0.25, 0.3) is 11.3 Å². The summed E-state index contributed by atoms with van der Waals surface area (Å²) in [5, 5.41) is 1.75. The van der Waals surface area contributed by atoms with Gasteiger partial charge in [0, 0.05) is 22.7 Å². The maximum absolute atomic E-state index is 12.2. The zero-order valence-corrected chi connectivity index (χ0v) is 11.5. The summed E-state index contributed by atoms with van der Waals surface area (Å²) >= 11 is 0. The molecule has 0 unspecified atom stereocenters. The number of carbonyl (C=O) groups is 2. The summed E-state index contributed by atoms with van der Waals surface area (Å²) in [7, 11) is 0. The maximum Gasteiger partial charge on any atom is 0.247 e. The molecule has 2 aliphatic heterocycles. The second kappa shape index (κ2) is 4.07. The second-order valence-corrected chi connectivity index (χ2v) is 5.67. The number of hydrogen-bond acceptors (Lipinski definition) is 3. The van der Waals surface area contributed by atoms with Crippen LogP contribution in [0.1, 0.15) is 13.8 Å². The number of rotatable bonds is 1. The average Bonchev–Trinajstić information content (AvgIpc) is 2.41. The van der Waals surface area contributed by atoms with Crippen LogP contribution in [-0.4, -0.2) is 23.1 Å². The first-order valence-electron chi connectivity index (χ1n) is 6.55. The van der Waals surface area contributed by atoms with Crippen LogP contribution in [-0.2, 0) is 9.59 Å². The van der Waals surface area contributed by atoms with E-state index in [1.54, 1.807) is 12.3 Å². The number of amides is 1. The Hall–Kier alpha value is -2.36. The summed E-state index contributed by atoms with van der Waals surface area (Å²) in [5.74, 6) is -0.347. The van der Waals surface area contributed by atoms with Crippen molar-refractivity contribution in [3.05, 3.63) is 47.0 Å². The molecule has 0 saturated heterocycles. The summed E-state index contributed by atoms with van der Waals surface area (Å²) in [6.45, 7) is 4.23. The minimum Gasteiger partial charge on any atom is -0.366 e. The van der Waals surface area contributed by atoms with Gasteiger partial charge in [-0.25, -0.2) is 0 Å². The highest BCUT2D eigenvalue weighted by molar-refractivity contribution is 6.14. The van der Waals surface area contributed by atoms with E-state index in [1.165, 1.54) is 0 Å². The quantitative estimate of drug-likeness (QED) is 0.771. The van der Waals surface area contributed by atoms with Gasteiger partial charge in [0.15, 0.2) is 5.78 Å². The van der Waals surface area contributed by atoms with Crippen LogP contribution in [0.3, 0.4) is 0 Å². The van der Waals surface area contributed by atoms with Gasteiger partial charge in [0.25, 0.3) is 0 Å². The van der Waals surface area contributed by atoms with Gasteiger partial charge in [0.1, 0.15) is 0 Å². The molecule has 1 amide bonds. The number of nitrogens with two attached hydrogens (primary N) is 1. The molecule has 0 saturated carbocycles. The van der Waals surface area contributed by atoms with Gasteiger partial charge in [0.2, 0.25) is 5.91 Å². The molecule has 0 aromatic heterocycles. The number of ketones is 1. The predicted octanol–water partition coefficient (Wildman–Crippen LogP) is -0.131. The SMILES string of the molecule is CC1(C)C(=O)C=CN2CC(C(N)=O)=c3ccccc3=C21. The standard InChI is InChI=1S/C16H16N2O2/c1-16(2)13(19)7-8-18-9-12(15(17)20)10-5-3-4-6-11(10)14(16)18/h3-8H,9H2,1-2H3,(H2,17,20). The normalized spacial score (nSPS) is 19.7. The number of nitrogens with zero attached hydrogens (tertiary/aromatic N) is 1. The summed E-state index contributed by atoms with van der Waals surface area (Å²) in [4.78, 5) is 25.8. The molecule has 0 radical (unpaired) electrons. The predicted molar refractivity (Wildman–Crippen MR) is 76.3 cm³/mol. The van der Waals surface area contributed by atoms with Gasteiger partial charge in [-0.05, 0) is 25.1 Å². The van der Waals surface area contributed by atoms with Crippen LogP contribution in [0.4, 0.5) is 0 Å².